The van der Waals surface area contributed by atoms with Crippen molar-refractivity contribution in [3.8, 4) is 0 Å². The van der Waals surface area contributed by atoms with E-state index in [1.165, 1.54) is 6.26 Å². The van der Waals surface area contributed by atoms with E-state index in [4.69, 9.17) is 4.42 Å². The molecule has 0 radical (unpaired) electrons. The van der Waals surface area contributed by atoms with E-state index in [1.54, 1.807) is 13.0 Å². The van der Waals surface area contributed by atoms with Gasteiger partial charge in [0, 0.05) is 0 Å². The van der Waals surface area contributed by atoms with Crippen LogP contribution in [0.15, 0.2) is 16.7 Å². The standard InChI is InChI=1S/C18H28N2O4/c1-12-7-17(3,4)10-18(8-12,11-21)20-15(22)9-19-16(23)14-5-6-24-13(14)2/h5-6,12,21H,7-11H2,1-4H3,(H,19,23)(H,20,22). The number of aryl methyl sites for hydroxylation is 1. The molecule has 134 valence electrons. The fourth-order valence-electron chi connectivity index (χ4n) is 4.21. The van der Waals surface area contributed by atoms with Crippen LogP contribution in [-0.4, -0.2) is 35.6 Å². The molecule has 6 nitrogen and oxygen atoms in total. The van der Waals surface area contributed by atoms with Gasteiger partial charge in [-0.3, -0.25) is 9.59 Å². The van der Waals surface area contributed by atoms with Gasteiger partial charge in [-0.25, -0.2) is 0 Å². The van der Waals surface area contributed by atoms with Crippen molar-refractivity contribution in [3.63, 3.8) is 0 Å². The highest BCUT2D eigenvalue weighted by Crippen LogP contribution is 2.43. The summed E-state index contributed by atoms with van der Waals surface area (Å²) in [6.07, 6.45) is 3.98. The van der Waals surface area contributed by atoms with Crippen LogP contribution in [0.3, 0.4) is 0 Å². The molecular weight excluding hydrogens is 308 g/mol. The predicted octanol–water partition coefficient (Wildman–Crippen LogP) is 2.01. The highest BCUT2D eigenvalue weighted by Gasteiger charge is 2.43. The highest BCUT2D eigenvalue weighted by atomic mass is 16.3. The Morgan fingerprint density at radius 2 is 2.08 bits per heavy atom. The number of aliphatic hydroxyl groups excluding tert-OH is 1. The lowest BCUT2D eigenvalue weighted by Crippen LogP contribution is -2.58. The zero-order valence-electron chi connectivity index (χ0n) is 14.9. The number of furan rings is 1. The molecular formula is C18H28N2O4. The minimum absolute atomic E-state index is 0.0603. The van der Waals surface area contributed by atoms with E-state index in [1.807, 2.05) is 0 Å². The number of carbonyl (C=O) groups is 2. The fraction of sp³-hybridized carbons (Fsp3) is 0.667. The molecule has 2 atom stereocenters. The summed E-state index contributed by atoms with van der Waals surface area (Å²) in [5.41, 5.74) is -0.133. The molecule has 0 aliphatic heterocycles. The van der Waals surface area contributed by atoms with Gasteiger partial charge in [0.15, 0.2) is 0 Å². The van der Waals surface area contributed by atoms with E-state index in [0.717, 1.165) is 19.3 Å². The molecule has 2 unspecified atom stereocenters. The van der Waals surface area contributed by atoms with Crippen LogP contribution in [0.5, 0.6) is 0 Å². The van der Waals surface area contributed by atoms with Crippen molar-refractivity contribution in [3.05, 3.63) is 23.7 Å². The Morgan fingerprint density at radius 1 is 1.38 bits per heavy atom. The Balaban J connectivity index is 1.95. The molecule has 0 bridgehead atoms. The van der Waals surface area contributed by atoms with Gasteiger partial charge in [-0.1, -0.05) is 20.8 Å². The maximum Gasteiger partial charge on any atom is 0.255 e. The van der Waals surface area contributed by atoms with Crippen LogP contribution in [0.1, 0.15) is 56.2 Å². The second kappa shape index (κ2) is 6.97. The summed E-state index contributed by atoms with van der Waals surface area (Å²) in [4.78, 5) is 24.3. The number of hydrogen-bond acceptors (Lipinski definition) is 4. The third kappa shape index (κ3) is 4.38. The van der Waals surface area contributed by atoms with Crippen LogP contribution < -0.4 is 10.6 Å². The summed E-state index contributed by atoms with van der Waals surface area (Å²) in [5, 5.41) is 15.4. The molecule has 0 spiro atoms. The average Bonchev–Trinajstić information content (AvgIpc) is 2.88. The van der Waals surface area contributed by atoms with Gasteiger partial charge in [-0.2, -0.15) is 0 Å². The molecule has 1 saturated carbocycles. The van der Waals surface area contributed by atoms with Crippen molar-refractivity contribution in [1.29, 1.82) is 0 Å². The Labute approximate surface area is 143 Å². The number of nitrogens with one attached hydrogen (secondary N) is 2. The lowest BCUT2D eigenvalue weighted by atomic mass is 9.64. The Hall–Kier alpha value is -1.82. The summed E-state index contributed by atoms with van der Waals surface area (Å²) < 4.78 is 5.09. The molecule has 1 aliphatic carbocycles. The molecule has 1 heterocycles. The van der Waals surface area contributed by atoms with Gasteiger partial charge in [-0.15, -0.1) is 0 Å². The zero-order chi connectivity index (χ0) is 18.0. The monoisotopic (exact) mass is 336 g/mol. The van der Waals surface area contributed by atoms with Crippen LogP contribution in [0.25, 0.3) is 0 Å². The normalized spacial score (nSPS) is 26.0. The minimum atomic E-state index is -0.617. The topological polar surface area (TPSA) is 91.6 Å². The lowest BCUT2D eigenvalue weighted by Gasteiger charge is -2.47. The first-order chi connectivity index (χ1) is 11.2. The van der Waals surface area contributed by atoms with Crippen molar-refractivity contribution in [2.45, 2.75) is 52.5 Å². The van der Waals surface area contributed by atoms with E-state index < -0.39 is 5.54 Å². The number of hydrogen-bond donors (Lipinski definition) is 3. The highest BCUT2D eigenvalue weighted by molar-refractivity contribution is 5.97. The first-order valence-electron chi connectivity index (χ1n) is 8.41. The van der Waals surface area contributed by atoms with E-state index >= 15 is 0 Å². The van der Waals surface area contributed by atoms with Gasteiger partial charge < -0.3 is 20.2 Å². The van der Waals surface area contributed by atoms with Crippen LogP contribution in [0.4, 0.5) is 0 Å². The SMILES string of the molecule is Cc1occc1C(=O)NCC(=O)NC1(CO)CC(C)CC(C)(C)C1. The largest absolute Gasteiger partial charge is 0.469 e. The molecule has 2 rings (SSSR count). The molecule has 24 heavy (non-hydrogen) atoms. The van der Waals surface area contributed by atoms with Crippen molar-refractivity contribution in [2.75, 3.05) is 13.2 Å². The van der Waals surface area contributed by atoms with Crippen molar-refractivity contribution >= 4 is 11.8 Å². The number of rotatable bonds is 5. The van der Waals surface area contributed by atoms with Crippen LogP contribution in [0.2, 0.25) is 0 Å². The van der Waals surface area contributed by atoms with Gasteiger partial charge in [-0.05, 0) is 43.6 Å². The molecule has 1 aliphatic rings. The second-order valence-electron chi connectivity index (χ2n) is 7.91. The van der Waals surface area contributed by atoms with Crippen molar-refractivity contribution in [2.24, 2.45) is 11.3 Å². The molecule has 1 fully saturated rings. The molecule has 0 saturated heterocycles. The number of aliphatic hydroxyl groups is 1. The average molecular weight is 336 g/mol. The zero-order valence-corrected chi connectivity index (χ0v) is 14.9. The maximum absolute atomic E-state index is 12.3. The van der Waals surface area contributed by atoms with Crippen molar-refractivity contribution in [1.82, 2.24) is 10.6 Å². The Kier molecular flexibility index (Phi) is 5.38. The van der Waals surface area contributed by atoms with E-state index in [-0.39, 0.29) is 30.4 Å². The van der Waals surface area contributed by atoms with Crippen LogP contribution >= 0.6 is 0 Å². The van der Waals surface area contributed by atoms with Gasteiger partial charge >= 0.3 is 0 Å². The molecule has 1 aromatic rings. The van der Waals surface area contributed by atoms with E-state index in [9.17, 15) is 14.7 Å². The summed E-state index contributed by atoms with van der Waals surface area (Å²) in [7, 11) is 0. The maximum atomic E-state index is 12.3. The Morgan fingerprint density at radius 3 is 2.62 bits per heavy atom. The summed E-state index contributed by atoms with van der Waals surface area (Å²) >= 11 is 0. The van der Waals surface area contributed by atoms with Gasteiger partial charge in [0.1, 0.15) is 5.76 Å². The van der Waals surface area contributed by atoms with E-state index in [0.29, 0.717) is 17.2 Å². The Bertz CT molecular complexity index is 608. The molecule has 2 amide bonds. The lowest BCUT2D eigenvalue weighted by molar-refractivity contribution is -0.124. The second-order valence-corrected chi connectivity index (χ2v) is 7.91. The smallest absolute Gasteiger partial charge is 0.255 e. The summed E-state index contributed by atoms with van der Waals surface area (Å²) in [6, 6.07) is 1.57. The van der Waals surface area contributed by atoms with Gasteiger partial charge in [0.25, 0.3) is 5.91 Å². The number of carbonyl (C=O) groups excluding carboxylic acids is 2. The number of amides is 2. The molecule has 0 aromatic carbocycles. The molecule has 6 heteroatoms. The van der Waals surface area contributed by atoms with Crippen molar-refractivity contribution < 1.29 is 19.1 Å². The first-order valence-corrected chi connectivity index (χ1v) is 8.41. The minimum Gasteiger partial charge on any atom is -0.469 e. The third-order valence-electron chi connectivity index (χ3n) is 4.68. The third-order valence-corrected chi connectivity index (χ3v) is 4.68. The van der Waals surface area contributed by atoms with Crippen LogP contribution in [0, 0.1) is 18.3 Å². The first kappa shape index (κ1) is 18.5. The molecule has 1 aromatic heterocycles. The van der Waals surface area contributed by atoms with Gasteiger partial charge in [0.05, 0.1) is 30.5 Å². The van der Waals surface area contributed by atoms with Gasteiger partial charge in [0.2, 0.25) is 5.91 Å². The summed E-state index contributed by atoms with van der Waals surface area (Å²) in [5.74, 6) is 0.308. The fourth-order valence-corrected chi connectivity index (χ4v) is 4.21. The van der Waals surface area contributed by atoms with Crippen LogP contribution in [-0.2, 0) is 4.79 Å². The quantitative estimate of drug-likeness (QED) is 0.767. The molecule has 3 N–H and O–H groups in total. The predicted molar refractivity (Wildman–Crippen MR) is 90.5 cm³/mol. The summed E-state index contributed by atoms with van der Waals surface area (Å²) in [6.45, 7) is 7.93. The van der Waals surface area contributed by atoms with E-state index in [2.05, 4.69) is 31.4 Å².